The highest BCUT2D eigenvalue weighted by Gasteiger charge is 2.56. The molecule has 1 N–H and O–H groups in total. The average Bonchev–Trinajstić information content (AvgIpc) is 2.85. The van der Waals surface area contributed by atoms with Crippen molar-refractivity contribution in [3.8, 4) is 0 Å². The van der Waals surface area contributed by atoms with E-state index in [9.17, 15) is 5.11 Å². The summed E-state index contributed by atoms with van der Waals surface area (Å²) in [5, 5.41) is 10.1. The van der Waals surface area contributed by atoms with Gasteiger partial charge in [-0.3, -0.25) is 0 Å². The van der Waals surface area contributed by atoms with Gasteiger partial charge in [0.1, 0.15) is 24.4 Å². The van der Waals surface area contributed by atoms with Crippen molar-refractivity contribution in [2.24, 2.45) is 0 Å². The molecular weight excluding hydrogens is 235 g/mol. The van der Waals surface area contributed by atoms with E-state index in [1.807, 2.05) is 30.3 Å². The van der Waals surface area contributed by atoms with Crippen LogP contribution in [-0.4, -0.2) is 49.5 Å². The molecule has 1 aromatic carbocycles. The first kappa shape index (κ1) is 11.0. The number of hydrogen-bond acceptors (Lipinski definition) is 5. The van der Waals surface area contributed by atoms with Gasteiger partial charge in [0.25, 0.3) is 0 Å². The van der Waals surface area contributed by atoms with E-state index in [2.05, 4.69) is 0 Å². The Morgan fingerprint density at radius 1 is 1.11 bits per heavy atom. The Labute approximate surface area is 105 Å². The van der Waals surface area contributed by atoms with Crippen LogP contribution in [0.4, 0.5) is 0 Å². The van der Waals surface area contributed by atoms with Gasteiger partial charge in [-0.15, -0.1) is 0 Å². The molecule has 4 bridgehead atoms. The second kappa shape index (κ2) is 4.04. The quantitative estimate of drug-likeness (QED) is 0.665. The van der Waals surface area contributed by atoms with E-state index in [0.717, 1.165) is 5.46 Å². The van der Waals surface area contributed by atoms with E-state index in [1.54, 1.807) is 0 Å². The molecule has 3 aliphatic heterocycles. The summed E-state index contributed by atoms with van der Waals surface area (Å²) in [6, 6.07) is 9.70. The van der Waals surface area contributed by atoms with Crippen molar-refractivity contribution in [2.45, 2.75) is 30.7 Å². The van der Waals surface area contributed by atoms with Gasteiger partial charge in [0.05, 0.1) is 6.61 Å². The molecule has 0 saturated carbocycles. The van der Waals surface area contributed by atoms with Crippen molar-refractivity contribution in [3.63, 3.8) is 0 Å². The van der Waals surface area contributed by atoms with Crippen LogP contribution < -0.4 is 5.46 Å². The van der Waals surface area contributed by atoms with Gasteiger partial charge in [0, 0.05) is 0 Å². The van der Waals surface area contributed by atoms with E-state index in [1.165, 1.54) is 0 Å². The third-order valence-corrected chi connectivity index (χ3v) is 3.67. The average molecular weight is 248 g/mol. The van der Waals surface area contributed by atoms with Gasteiger partial charge in [-0.25, -0.2) is 0 Å². The molecule has 0 aromatic heterocycles. The summed E-state index contributed by atoms with van der Waals surface area (Å²) >= 11 is 0. The van der Waals surface area contributed by atoms with E-state index < -0.39 is 25.6 Å². The van der Waals surface area contributed by atoms with Crippen LogP contribution in [0.2, 0.25) is 0 Å². The van der Waals surface area contributed by atoms with E-state index in [4.69, 9.17) is 18.8 Å². The van der Waals surface area contributed by atoms with E-state index >= 15 is 0 Å². The lowest BCUT2D eigenvalue weighted by atomic mass is 9.75. The Hall–Kier alpha value is -0.915. The van der Waals surface area contributed by atoms with Crippen molar-refractivity contribution in [3.05, 3.63) is 30.3 Å². The zero-order valence-electron chi connectivity index (χ0n) is 9.64. The van der Waals surface area contributed by atoms with Crippen molar-refractivity contribution in [1.29, 1.82) is 0 Å². The Morgan fingerprint density at radius 3 is 2.72 bits per heavy atom. The Morgan fingerprint density at radius 2 is 1.89 bits per heavy atom. The van der Waals surface area contributed by atoms with Crippen molar-refractivity contribution < 1.29 is 23.9 Å². The van der Waals surface area contributed by atoms with Crippen LogP contribution in [0.15, 0.2) is 30.3 Å². The smallest absolute Gasteiger partial charge is 0.399 e. The molecule has 3 saturated heterocycles. The summed E-state index contributed by atoms with van der Waals surface area (Å²) in [5.41, 5.74) is 0.945. The molecule has 3 aliphatic rings. The first-order chi connectivity index (χ1) is 8.83. The van der Waals surface area contributed by atoms with Crippen LogP contribution in [-0.2, 0) is 18.8 Å². The Balaban J connectivity index is 1.64. The van der Waals surface area contributed by atoms with Gasteiger partial charge in [-0.05, 0) is 5.46 Å². The molecular formula is C12H13BO5. The largest absolute Gasteiger partial charge is 0.494 e. The highest BCUT2D eigenvalue weighted by atomic mass is 16.8. The predicted octanol–water partition coefficient (Wildman–Crippen LogP) is -0.718. The van der Waals surface area contributed by atoms with Crippen LogP contribution in [0, 0.1) is 0 Å². The maximum atomic E-state index is 10.1. The maximum Gasteiger partial charge on any atom is 0.494 e. The molecule has 18 heavy (non-hydrogen) atoms. The third kappa shape index (κ3) is 1.54. The lowest BCUT2D eigenvalue weighted by Gasteiger charge is -2.44. The highest BCUT2D eigenvalue weighted by Crippen LogP contribution is 2.35. The number of ether oxygens (including phenoxy) is 2. The fraction of sp³-hybridized carbons (Fsp3) is 0.500. The van der Waals surface area contributed by atoms with E-state index in [0.29, 0.717) is 6.61 Å². The third-order valence-electron chi connectivity index (χ3n) is 3.67. The fourth-order valence-electron chi connectivity index (χ4n) is 2.75. The first-order valence-electron chi connectivity index (χ1n) is 6.14. The number of hydrogen-bond donors (Lipinski definition) is 1. The molecule has 3 unspecified atom stereocenters. The molecule has 0 spiro atoms. The molecule has 0 amide bonds. The van der Waals surface area contributed by atoms with Gasteiger partial charge in [0.2, 0.25) is 0 Å². The summed E-state index contributed by atoms with van der Waals surface area (Å²) < 4.78 is 22.6. The summed E-state index contributed by atoms with van der Waals surface area (Å²) in [7, 11) is -0.458. The zero-order valence-corrected chi connectivity index (χ0v) is 9.64. The lowest BCUT2D eigenvalue weighted by molar-refractivity contribution is -0.243. The first-order valence-corrected chi connectivity index (χ1v) is 6.14. The summed E-state index contributed by atoms with van der Waals surface area (Å²) in [6.07, 6.45) is -2.22. The van der Waals surface area contributed by atoms with Gasteiger partial charge >= 0.3 is 7.12 Å². The molecule has 6 heteroatoms. The van der Waals surface area contributed by atoms with Crippen LogP contribution in [0.5, 0.6) is 0 Å². The number of rotatable bonds is 1. The SMILES string of the molecule is OC1C2OB(c3ccccc3)O[C@H]1C1OC[C@H]2O1. The predicted molar refractivity (Wildman–Crippen MR) is 62.2 cm³/mol. The van der Waals surface area contributed by atoms with Crippen LogP contribution in [0.25, 0.3) is 0 Å². The topological polar surface area (TPSA) is 57.2 Å². The number of benzene rings is 1. The van der Waals surface area contributed by atoms with E-state index in [-0.39, 0.29) is 12.2 Å². The van der Waals surface area contributed by atoms with Gasteiger partial charge in [0.15, 0.2) is 6.29 Å². The highest BCUT2D eigenvalue weighted by molar-refractivity contribution is 6.61. The molecule has 0 radical (unpaired) electrons. The maximum absolute atomic E-state index is 10.1. The standard InChI is InChI=1S/C12H13BO5/c14-9-10-8-6-15-12(16-8)11(9)18-13(17-10)7-4-2-1-3-5-7/h1-5,8-12,14H,6H2/t8-,9?,10?,11-,12?/m1/s1. The molecule has 94 valence electrons. The minimum Gasteiger partial charge on any atom is -0.399 e. The molecule has 1 aromatic rings. The number of aliphatic hydroxyl groups is 1. The van der Waals surface area contributed by atoms with Gasteiger partial charge < -0.3 is 23.9 Å². The minimum atomic E-state index is -0.684. The Bertz CT molecular complexity index is 421. The number of aliphatic hydroxyl groups excluding tert-OH is 1. The van der Waals surface area contributed by atoms with Crippen molar-refractivity contribution >= 4 is 12.6 Å². The summed E-state index contributed by atoms with van der Waals surface area (Å²) in [5.74, 6) is 0. The molecule has 4 rings (SSSR count). The van der Waals surface area contributed by atoms with Crippen molar-refractivity contribution in [1.82, 2.24) is 0 Å². The summed E-state index contributed by atoms with van der Waals surface area (Å²) in [4.78, 5) is 0. The summed E-state index contributed by atoms with van der Waals surface area (Å²) in [6.45, 7) is 0.452. The molecule has 3 heterocycles. The molecule has 5 atom stereocenters. The minimum absolute atomic E-state index is 0.198. The Kier molecular flexibility index (Phi) is 2.46. The fourth-order valence-corrected chi connectivity index (χ4v) is 2.75. The van der Waals surface area contributed by atoms with Crippen molar-refractivity contribution in [2.75, 3.05) is 6.61 Å². The van der Waals surface area contributed by atoms with Crippen LogP contribution in [0.1, 0.15) is 0 Å². The van der Waals surface area contributed by atoms with Gasteiger partial charge in [-0.2, -0.15) is 0 Å². The molecule has 3 fully saturated rings. The van der Waals surface area contributed by atoms with Gasteiger partial charge in [-0.1, -0.05) is 30.3 Å². The normalized spacial score (nSPS) is 42.1. The second-order valence-corrected chi connectivity index (χ2v) is 4.81. The lowest BCUT2D eigenvalue weighted by Crippen LogP contribution is -2.65. The molecule has 0 aliphatic carbocycles. The number of fused-ring (bicyclic) bond motifs is 6. The second-order valence-electron chi connectivity index (χ2n) is 4.81. The van der Waals surface area contributed by atoms with Crippen LogP contribution in [0.3, 0.4) is 0 Å². The van der Waals surface area contributed by atoms with Crippen LogP contribution >= 0.6 is 0 Å². The molecule has 5 nitrogen and oxygen atoms in total. The zero-order chi connectivity index (χ0) is 12.1. The monoisotopic (exact) mass is 248 g/mol.